The van der Waals surface area contributed by atoms with Crippen LogP contribution in [-0.2, 0) is 19.1 Å². The van der Waals surface area contributed by atoms with Gasteiger partial charge in [0, 0.05) is 25.0 Å². The standard InChI is InChI=1S/C24H26N2O6/c1-14(22(27)25-12-15-10-11-31-21(15)23(28)29)26-24(30)32-13-20-18-8-4-2-6-16(18)17-7-3-5-9-19(17)20/h2-9,14-15,20-21H,10-13H2,1H3,(H,25,27)(H,26,30)(H,28,29)/t14-,15-,21-/m1/s1. The summed E-state index contributed by atoms with van der Waals surface area (Å²) in [5.74, 6) is -1.80. The molecule has 2 amide bonds. The Morgan fingerprint density at radius 3 is 2.34 bits per heavy atom. The number of amides is 2. The van der Waals surface area contributed by atoms with Gasteiger partial charge in [0.15, 0.2) is 6.10 Å². The molecule has 0 bridgehead atoms. The molecule has 0 radical (unpaired) electrons. The van der Waals surface area contributed by atoms with Gasteiger partial charge in [0.1, 0.15) is 12.6 Å². The number of ether oxygens (including phenoxy) is 2. The molecule has 3 N–H and O–H groups in total. The Morgan fingerprint density at radius 1 is 1.09 bits per heavy atom. The van der Waals surface area contributed by atoms with E-state index in [-0.39, 0.29) is 25.0 Å². The highest BCUT2D eigenvalue weighted by Crippen LogP contribution is 2.44. The molecule has 2 aromatic carbocycles. The molecular formula is C24H26N2O6. The zero-order valence-electron chi connectivity index (χ0n) is 17.7. The van der Waals surface area contributed by atoms with Crippen LogP contribution in [0.15, 0.2) is 48.5 Å². The molecule has 1 fully saturated rings. The van der Waals surface area contributed by atoms with Crippen LogP contribution in [0, 0.1) is 5.92 Å². The number of aliphatic carboxylic acids is 1. The monoisotopic (exact) mass is 438 g/mol. The lowest BCUT2D eigenvalue weighted by atomic mass is 9.98. The van der Waals surface area contributed by atoms with E-state index in [0.717, 1.165) is 22.3 Å². The second-order valence-corrected chi connectivity index (χ2v) is 8.12. The lowest BCUT2D eigenvalue weighted by molar-refractivity contribution is -0.149. The van der Waals surface area contributed by atoms with E-state index in [1.165, 1.54) is 0 Å². The van der Waals surface area contributed by atoms with Crippen molar-refractivity contribution in [2.75, 3.05) is 19.8 Å². The first-order valence-electron chi connectivity index (χ1n) is 10.7. The first kappa shape index (κ1) is 21.8. The van der Waals surface area contributed by atoms with Crippen LogP contribution in [-0.4, -0.2) is 55.0 Å². The quantitative estimate of drug-likeness (QED) is 0.612. The lowest BCUT2D eigenvalue weighted by Crippen LogP contribution is -2.47. The summed E-state index contributed by atoms with van der Waals surface area (Å²) in [7, 11) is 0. The Kier molecular flexibility index (Phi) is 6.41. The normalized spacial score (nSPS) is 20.2. The summed E-state index contributed by atoms with van der Waals surface area (Å²) in [4.78, 5) is 35.8. The Balaban J connectivity index is 1.29. The third-order valence-corrected chi connectivity index (χ3v) is 6.07. The number of benzene rings is 2. The predicted molar refractivity (Wildman–Crippen MR) is 116 cm³/mol. The molecule has 2 aromatic rings. The molecule has 1 saturated heterocycles. The van der Waals surface area contributed by atoms with Gasteiger partial charge in [-0.05, 0) is 35.6 Å². The van der Waals surface area contributed by atoms with E-state index in [1.807, 2.05) is 36.4 Å². The van der Waals surface area contributed by atoms with Crippen LogP contribution in [0.5, 0.6) is 0 Å². The van der Waals surface area contributed by atoms with E-state index in [4.69, 9.17) is 14.6 Å². The summed E-state index contributed by atoms with van der Waals surface area (Å²) in [5.41, 5.74) is 4.50. The minimum absolute atomic E-state index is 0.0624. The van der Waals surface area contributed by atoms with Gasteiger partial charge in [-0.15, -0.1) is 0 Å². The summed E-state index contributed by atoms with van der Waals surface area (Å²) >= 11 is 0. The van der Waals surface area contributed by atoms with Gasteiger partial charge in [-0.3, -0.25) is 4.79 Å². The van der Waals surface area contributed by atoms with E-state index in [1.54, 1.807) is 6.92 Å². The molecule has 168 valence electrons. The van der Waals surface area contributed by atoms with Crippen LogP contribution >= 0.6 is 0 Å². The van der Waals surface area contributed by atoms with Gasteiger partial charge in [-0.25, -0.2) is 9.59 Å². The number of carbonyl (C=O) groups excluding carboxylic acids is 2. The third kappa shape index (κ3) is 4.45. The highest BCUT2D eigenvalue weighted by molar-refractivity contribution is 5.85. The number of carboxylic acid groups (broad SMARTS) is 1. The number of hydrogen-bond acceptors (Lipinski definition) is 5. The molecular weight excluding hydrogens is 412 g/mol. The van der Waals surface area contributed by atoms with Crippen molar-refractivity contribution in [1.29, 1.82) is 0 Å². The van der Waals surface area contributed by atoms with Gasteiger partial charge < -0.3 is 25.2 Å². The van der Waals surface area contributed by atoms with E-state index in [0.29, 0.717) is 13.0 Å². The molecule has 8 heteroatoms. The first-order valence-corrected chi connectivity index (χ1v) is 10.7. The highest BCUT2D eigenvalue weighted by Gasteiger charge is 2.34. The van der Waals surface area contributed by atoms with E-state index in [9.17, 15) is 14.4 Å². The van der Waals surface area contributed by atoms with Crippen LogP contribution in [0.25, 0.3) is 11.1 Å². The number of hydrogen-bond donors (Lipinski definition) is 3. The summed E-state index contributed by atoms with van der Waals surface area (Å²) in [6, 6.07) is 15.3. The van der Waals surface area contributed by atoms with Crippen LogP contribution in [0.4, 0.5) is 4.79 Å². The van der Waals surface area contributed by atoms with Gasteiger partial charge in [0.25, 0.3) is 0 Å². The van der Waals surface area contributed by atoms with Crippen molar-refractivity contribution in [2.45, 2.75) is 31.4 Å². The molecule has 8 nitrogen and oxygen atoms in total. The molecule has 4 rings (SSSR count). The molecule has 3 atom stereocenters. The zero-order chi connectivity index (χ0) is 22.7. The zero-order valence-corrected chi connectivity index (χ0v) is 17.7. The Bertz CT molecular complexity index is 978. The summed E-state index contributed by atoms with van der Waals surface area (Å²) in [5, 5.41) is 14.4. The molecule has 2 aliphatic rings. The molecule has 32 heavy (non-hydrogen) atoms. The average molecular weight is 438 g/mol. The first-order chi connectivity index (χ1) is 15.5. The lowest BCUT2D eigenvalue weighted by Gasteiger charge is -2.19. The SMILES string of the molecule is C[C@@H](NC(=O)OCC1c2ccccc2-c2ccccc21)C(=O)NC[C@H]1CCO[C@H]1C(=O)O. The number of carbonyl (C=O) groups is 3. The molecule has 0 aromatic heterocycles. The maximum Gasteiger partial charge on any atom is 0.407 e. The van der Waals surface area contributed by atoms with E-state index < -0.39 is 30.1 Å². The fraction of sp³-hybridized carbons (Fsp3) is 0.375. The number of alkyl carbamates (subject to hydrolysis) is 1. The fourth-order valence-corrected chi connectivity index (χ4v) is 4.38. The average Bonchev–Trinajstić information content (AvgIpc) is 3.39. The van der Waals surface area contributed by atoms with Gasteiger partial charge in [0.2, 0.25) is 5.91 Å². The van der Waals surface area contributed by atoms with Crippen LogP contribution in [0.1, 0.15) is 30.4 Å². The minimum Gasteiger partial charge on any atom is -0.479 e. The molecule has 1 aliphatic carbocycles. The summed E-state index contributed by atoms with van der Waals surface area (Å²) < 4.78 is 10.6. The second kappa shape index (κ2) is 9.40. The molecule has 0 saturated carbocycles. The Labute approximate surface area is 185 Å². The van der Waals surface area contributed by atoms with Crippen molar-refractivity contribution >= 4 is 18.0 Å². The molecule has 1 heterocycles. The van der Waals surface area contributed by atoms with Crippen molar-refractivity contribution in [3.8, 4) is 11.1 Å². The van der Waals surface area contributed by atoms with E-state index >= 15 is 0 Å². The fourth-order valence-electron chi connectivity index (χ4n) is 4.38. The number of carboxylic acids is 1. The van der Waals surface area contributed by atoms with Crippen LogP contribution in [0.3, 0.4) is 0 Å². The summed E-state index contributed by atoms with van der Waals surface area (Å²) in [6.07, 6.45) is -1.03. The van der Waals surface area contributed by atoms with Gasteiger partial charge in [-0.1, -0.05) is 48.5 Å². The highest BCUT2D eigenvalue weighted by atomic mass is 16.5. The Morgan fingerprint density at radius 2 is 1.72 bits per heavy atom. The maximum absolute atomic E-state index is 12.3. The molecule has 0 unspecified atom stereocenters. The molecule has 0 spiro atoms. The van der Waals surface area contributed by atoms with Crippen molar-refractivity contribution in [3.63, 3.8) is 0 Å². The number of nitrogens with one attached hydrogen (secondary N) is 2. The molecule has 1 aliphatic heterocycles. The van der Waals surface area contributed by atoms with Gasteiger partial charge in [-0.2, -0.15) is 0 Å². The van der Waals surface area contributed by atoms with Crippen molar-refractivity contribution < 1.29 is 29.0 Å². The summed E-state index contributed by atoms with van der Waals surface area (Å²) in [6.45, 7) is 2.24. The van der Waals surface area contributed by atoms with Gasteiger partial charge >= 0.3 is 12.1 Å². The number of fused-ring (bicyclic) bond motifs is 3. The largest absolute Gasteiger partial charge is 0.479 e. The van der Waals surface area contributed by atoms with E-state index in [2.05, 4.69) is 22.8 Å². The van der Waals surface area contributed by atoms with Crippen molar-refractivity contribution in [3.05, 3.63) is 59.7 Å². The minimum atomic E-state index is -1.04. The van der Waals surface area contributed by atoms with Crippen LogP contribution < -0.4 is 10.6 Å². The smallest absolute Gasteiger partial charge is 0.407 e. The number of rotatable bonds is 7. The van der Waals surface area contributed by atoms with Crippen molar-refractivity contribution in [1.82, 2.24) is 10.6 Å². The topological polar surface area (TPSA) is 114 Å². The predicted octanol–water partition coefficient (Wildman–Crippen LogP) is 2.52. The van der Waals surface area contributed by atoms with Crippen LogP contribution in [0.2, 0.25) is 0 Å². The maximum atomic E-state index is 12.3. The second-order valence-electron chi connectivity index (χ2n) is 8.12. The van der Waals surface area contributed by atoms with Crippen molar-refractivity contribution in [2.24, 2.45) is 5.92 Å². The van der Waals surface area contributed by atoms with Gasteiger partial charge in [0.05, 0.1) is 0 Å². The Hall–Kier alpha value is -3.39. The third-order valence-electron chi connectivity index (χ3n) is 6.07.